The second-order valence-corrected chi connectivity index (χ2v) is 7.39. The lowest BCUT2D eigenvalue weighted by molar-refractivity contribution is 0.0946. The van der Waals surface area contributed by atoms with Crippen molar-refractivity contribution in [3.63, 3.8) is 0 Å². The van der Waals surface area contributed by atoms with E-state index in [9.17, 15) is 9.59 Å². The number of benzene rings is 2. The standard InChI is InChI=1S/C22H24N4O3S/c1-2-12-29-17-10-8-16(9-11-17)14-25-22(28)20-18(23)19(26-30-20)21(27)24-13-15-6-4-3-5-7-15/h3-11H,2,12-14,23H2,1H3,(H,24,27)(H,25,28). The molecule has 0 aliphatic carbocycles. The van der Waals surface area contributed by atoms with E-state index in [4.69, 9.17) is 10.5 Å². The molecule has 0 unspecified atom stereocenters. The molecule has 0 aliphatic heterocycles. The van der Waals surface area contributed by atoms with Crippen LogP contribution in [0.25, 0.3) is 0 Å². The number of carbonyl (C=O) groups excluding carboxylic acids is 2. The Morgan fingerprint density at radius 2 is 1.60 bits per heavy atom. The van der Waals surface area contributed by atoms with Crippen LogP contribution in [-0.2, 0) is 13.1 Å². The zero-order chi connectivity index (χ0) is 21.3. The molecule has 0 radical (unpaired) electrons. The minimum absolute atomic E-state index is 0.0681. The molecule has 8 heteroatoms. The minimum atomic E-state index is -0.408. The van der Waals surface area contributed by atoms with Gasteiger partial charge in [0.15, 0.2) is 5.69 Å². The maximum absolute atomic E-state index is 12.5. The van der Waals surface area contributed by atoms with Crippen LogP contribution in [0.2, 0.25) is 0 Å². The molecule has 3 aromatic rings. The van der Waals surface area contributed by atoms with Gasteiger partial charge in [0, 0.05) is 13.1 Å². The van der Waals surface area contributed by atoms with Crippen LogP contribution < -0.4 is 21.1 Å². The number of anilines is 1. The maximum atomic E-state index is 12.5. The largest absolute Gasteiger partial charge is 0.494 e. The zero-order valence-electron chi connectivity index (χ0n) is 16.7. The van der Waals surface area contributed by atoms with Gasteiger partial charge in [0.1, 0.15) is 10.6 Å². The van der Waals surface area contributed by atoms with Crippen LogP contribution in [0, 0.1) is 0 Å². The molecule has 0 atom stereocenters. The summed E-state index contributed by atoms with van der Waals surface area (Å²) >= 11 is 0.913. The number of hydrogen-bond acceptors (Lipinski definition) is 6. The number of nitrogens with one attached hydrogen (secondary N) is 2. The third-order valence-corrected chi connectivity index (χ3v) is 5.16. The molecule has 2 amide bonds. The lowest BCUT2D eigenvalue weighted by Crippen LogP contribution is -2.25. The first-order valence-electron chi connectivity index (χ1n) is 9.65. The van der Waals surface area contributed by atoms with E-state index in [-0.39, 0.29) is 22.2 Å². The highest BCUT2D eigenvalue weighted by molar-refractivity contribution is 7.09. The van der Waals surface area contributed by atoms with Crippen LogP contribution in [0.5, 0.6) is 5.75 Å². The number of nitrogen functional groups attached to an aromatic ring is 1. The fourth-order valence-corrected chi connectivity index (χ4v) is 3.39. The first-order chi connectivity index (χ1) is 14.6. The van der Waals surface area contributed by atoms with Crippen LogP contribution in [0.15, 0.2) is 54.6 Å². The molecule has 1 aromatic heterocycles. The van der Waals surface area contributed by atoms with Crippen LogP contribution >= 0.6 is 11.5 Å². The highest BCUT2D eigenvalue weighted by Gasteiger charge is 2.21. The van der Waals surface area contributed by atoms with Gasteiger partial charge in [-0.05, 0) is 41.2 Å². The van der Waals surface area contributed by atoms with E-state index in [0.29, 0.717) is 19.7 Å². The molecule has 2 aromatic carbocycles. The monoisotopic (exact) mass is 424 g/mol. The highest BCUT2D eigenvalue weighted by Crippen LogP contribution is 2.22. The Bertz CT molecular complexity index is 987. The first kappa shape index (κ1) is 21.3. The maximum Gasteiger partial charge on any atom is 0.273 e. The lowest BCUT2D eigenvalue weighted by Gasteiger charge is -2.07. The fraction of sp³-hybridized carbons (Fsp3) is 0.227. The SMILES string of the molecule is CCCOc1ccc(CNC(=O)c2snc(C(=O)NCc3ccccc3)c2N)cc1. The number of amides is 2. The molecule has 7 nitrogen and oxygen atoms in total. The Kier molecular flexibility index (Phi) is 7.40. The van der Waals surface area contributed by atoms with Crippen molar-refractivity contribution < 1.29 is 14.3 Å². The highest BCUT2D eigenvalue weighted by atomic mass is 32.1. The smallest absolute Gasteiger partial charge is 0.273 e. The van der Waals surface area contributed by atoms with Gasteiger partial charge in [0.05, 0.1) is 12.3 Å². The normalized spacial score (nSPS) is 10.4. The van der Waals surface area contributed by atoms with Crippen molar-refractivity contribution >= 4 is 29.0 Å². The summed E-state index contributed by atoms with van der Waals surface area (Å²) in [5.74, 6) is 0.0255. The Morgan fingerprint density at radius 3 is 2.27 bits per heavy atom. The van der Waals surface area contributed by atoms with Gasteiger partial charge in [-0.15, -0.1) is 0 Å². The van der Waals surface area contributed by atoms with E-state index in [1.165, 1.54) is 0 Å². The van der Waals surface area contributed by atoms with Gasteiger partial charge < -0.3 is 21.1 Å². The molecule has 0 saturated carbocycles. The number of ether oxygens (including phenoxy) is 1. The molecule has 30 heavy (non-hydrogen) atoms. The molecule has 0 bridgehead atoms. The summed E-state index contributed by atoms with van der Waals surface area (Å²) in [4.78, 5) is 25.1. The summed E-state index contributed by atoms with van der Waals surface area (Å²) in [6.07, 6.45) is 0.945. The Labute approximate surface area is 179 Å². The van der Waals surface area contributed by atoms with Crippen LogP contribution in [0.4, 0.5) is 5.69 Å². The van der Waals surface area contributed by atoms with E-state index >= 15 is 0 Å². The average Bonchev–Trinajstić information content (AvgIpc) is 3.17. The van der Waals surface area contributed by atoms with Gasteiger partial charge in [0.2, 0.25) is 0 Å². The average molecular weight is 425 g/mol. The molecule has 3 rings (SSSR count). The number of nitrogens with zero attached hydrogens (tertiary/aromatic N) is 1. The van der Waals surface area contributed by atoms with Crippen molar-refractivity contribution in [2.75, 3.05) is 12.3 Å². The number of hydrogen-bond donors (Lipinski definition) is 3. The Morgan fingerprint density at radius 1 is 0.967 bits per heavy atom. The lowest BCUT2D eigenvalue weighted by atomic mass is 10.2. The predicted octanol–water partition coefficient (Wildman–Crippen LogP) is 3.37. The summed E-state index contributed by atoms with van der Waals surface area (Å²) < 4.78 is 9.62. The van der Waals surface area contributed by atoms with Crippen LogP contribution in [-0.4, -0.2) is 22.8 Å². The zero-order valence-corrected chi connectivity index (χ0v) is 17.5. The van der Waals surface area contributed by atoms with Gasteiger partial charge in [-0.1, -0.05) is 49.4 Å². The fourth-order valence-electron chi connectivity index (χ4n) is 2.67. The van der Waals surface area contributed by atoms with Crippen LogP contribution in [0.3, 0.4) is 0 Å². The summed E-state index contributed by atoms with van der Waals surface area (Å²) in [5.41, 5.74) is 8.07. The summed E-state index contributed by atoms with van der Waals surface area (Å²) in [6, 6.07) is 17.0. The number of nitrogens with two attached hydrogens (primary N) is 1. The van der Waals surface area contributed by atoms with E-state index < -0.39 is 5.91 Å². The molecular formula is C22H24N4O3S. The summed E-state index contributed by atoms with van der Waals surface area (Å²) in [7, 11) is 0. The van der Waals surface area contributed by atoms with Crippen molar-refractivity contribution in [1.29, 1.82) is 0 Å². The van der Waals surface area contributed by atoms with Crippen molar-refractivity contribution in [3.8, 4) is 5.75 Å². The summed E-state index contributed by atoms with van der Waals surface area (Å²) in [5, 5.41) is 5.58. The quantitative estimate of drug-likeness (QED) is 0.488. The molecule has 156 valence electrons. The van der Waals surface area contributed by atoms with E-state index in [1.807, 2.05) is 61.5 Å². The van der Waals surface area contributed by atoms with Crippen molar-refractivity contribution in [1.82, 2.24) is 15.0 Å². The molecule has 0 aliphatic rings. The van der Waals surface area contributed by atoms with Crippen molar-refractivity contribution in [2.24, 2.45) is 0 Å². The molecule has 4 N–H and O–H groups in total. The van der Waals surface area contributed by atoms with Gasteiger partial charge in [-0.25, -0.2) is 0 Å². The Hall–Kier alpha value is -3.39. The van der Waals surface area contributed by atoms with Crippen molar-refractivity contribution in [2.45, 2.75) is 26.4 Å². The third-order valence-electron chi connectivity index (χ3n) is 4.29. The van der Waals surface area contributed by atoms with E-state index in [0.717, 1.165) is 34.8 Å². The molecule has 0 saturated heterocycles. The van der Waals surface area contributed by atoms with Crippen LogP contribution in [0.1, 0.15) is 44.6 Å². The van der Waals surface area contributed by atoms with Gasteiger partial charge in [0.25, 0.3) is 11.8 Å². The van der Waals surface area contributed by atoms with Gasteiger partial charge in [-0.3, -0.25) is 9.59 Å². The third kappa shape index (κ3) is 5.57. The number of rotatable bonds is 9. The molecule has 0 fully saturated rings. The molecular weight excluding hydrogens is 400 g/mol. The van der Waals surface area contributed by atoms with E-state index in [1.54, 1.807) is 0 Å². The van der Waals surface area contributed by atoms with Crippen molar-refractivity contribution in [3.05, 3.63) is 76.3 Å². The topological polar surface area (TPSA) is 106 Å². The van der Waals surface area contributed by atoms with E-state index in [2.05, 4.69) is 15.0 Å². The molecule has 1 heterocycles. The second-order valence-electron chi connectivity index (χ2n) is 6.62. The Balaban J connectivity index is 1.55. The van der Waals surface area contributed by atoms with Gasteiger partial charge in [-0.2, -0.15) is 4.37 Å². The molecule has 0 spiro atoms. The minimum Gasteiger partial charge on any atom is -0.494 e. The number of aromatic nitrogens is 1. The first-order valence-corrected chi connectivity index (χ1v) is 10.4. The second kappa shape index (κ2) is 10.4. The predicted molar refractivity (Wildman–Crippen MR) is 118 cm³/mol. The number of carbonyl (C=O) groups is 2. The van der Waals surface area contributed by atoms with Gasteiger partial charge >= 0.3 is 0 Å². The summed E-state index contributed by atoms with van der Waals surface area (Å²) in [6.45, 7) is 3.41.